The van der Waals surface area contributed by atoms with Gasteiger partial charge in [-0.2, -0.15) is 4.98 Å². The standard InChI is InChI=1S/C19H21FN2O5/c20-4-6-25-14-1-2-16-13(9-14)3-5-22-17(16)10-18(21-19(22)23)27-12-15-11-24-7-8-26-15/h1-2,9-10,15H,3-8,11-12H2. The zero-order valence-electron chi connectivity index (χ0n) is 14.9. The Morgan fingerprint density at radius 3 is 3.00 bits per heavy atom. The summed E-state index contributed by atoms with van der Waals surface area (Å²) in [4.78, 5) is 16.4. The zero-order chi connectivity index (χ0) is 18.6. The number of hydrogen-bond donors (Lipinski definition) is 0. The largest absolute Gasteiger partial charge is 0.491 e. The molecule has 2 aromatic rings. The van der Waals surface area contributed by atoms with E-state index in [1.807, 2.05) is 12.1 Å². The molecule has 1 atom stereocenters. The van der Waals surface area contributed by atoms with Crippen LogP contribution in [0.15, 0.2) is 29.1 Å². The molecule has 27 heavy (non-hydrogen) atoms. The molecular formula is C19H21FN2O5. The maximum absolute atomic E-state index is 12.4. The molecule has 0 bridgehead atoms. The summed E-state index contributed by atoms with van der Waals surface area (Å²) in [5, 5.41) is 0. The molecule has 0 radical (unpaired) electrons. The summed E-state index contributed by atoms with van der Waals surface area (Å²) in [5.74, 6) is 0.896. The van der Waals surface area contributed by atoms with Crippen LogP contribution < -0.4 is 15.2 Å². The van der Waals surface area contributed by atoms with Gasteiger partial charge in [-0.3, -0.25) is 4.57 Å². The number of rotatable bonds is 6. The fourth-order valence-corrected chi connectivity index (χ4v) is 3.31. The molecule has 0 amide bonds. The van der Waals surface area contributed by atoms with Crippen molar-refractivity contribution in [3.63, 3.8) is 0 Å². The minimum Gasteiger partial charge on any atom is -0.491 e. The van der Waals surface area contributed by atoms with Crippen molar-refractivity contribution in [2.75, 3.05) is 39.7 Å². The van der Waals surface area contributed by atoms with Crippen molar-refractivity contribution in [1.82, 2.24) is 9.55 Å². The summed E-state index contributed by atoms with van der Waals surface area (Å²) in [6.07, 6.45) is 0.520. The molecule has 1 aromatic heterocycles. The third kappa shape index (κ3) is 3.96. The van der Waals surface area contributed by atoms with Gasteiger partial charge in [-0.15, -0.1) is 0 Å². The smallest absolute Gasteiger partial charge is 0.351 e. The Labute approximate surface area is 155 Å². The second-order valence-corrected chi connectivity index (χ2v) is 6.40. The Kier molecular flexibility index (Phi) is 5.35. The number of alkyl halides is 1. The lowest BCUT2D eigenvalue weighted by Crippen LogP contribution is -2.34. The first-order valence-corrected chi connectivity index (χ1v) is 9.00. The molecule has 2 aliphatic rings. The molecule has 1 fully saturated rings. The maximum atomic E-state index is 12.4. The Balaban J connectivity index is 1.57. The molecule has 2 aliphatic heterocycles. The Bertz CT molecular complexity index is 864. The van der Waals surface area contributed by atoms with Crippen LogP contribution in [0.3, 0.4) is 0 Å². The van der Waals surface area contributed by atoms with E-state index in [1.165, 1.54) is 0 Å². The van der Waals surface area contributed by atoms with Crippen LogP contribution in [-0.2, 0) is 22.4 Å². The van der Waals surface area contributed by atoms with E-state index in [0.717, 1.165) is 16.8 Å². The van der Waals surface area contributed by atoms with E-state index in [1.54, 1.807) is 16.7 Å². The minimum atomic E-state index is -0.530. The average Bonchev–Trinajstić information content (AvgIpc) is 2.71. The van der Waals surface area contributed by atoms with Crippen LogP contribution in [0.4, 0.5) is 4.39 Å². The summed E-state index contributed by atoms with van der Waals surface area (Å²) in [6.45, 7) is 1.89. The predicted molar refractivity (Wildman–Crippen MR) is 95.2 cm³/mol. The van der Waals surface area contributed by atoms with Crippen LogP contribution in [0.25, 0.3) is 11.3 Å². The van der Waals surface area contributed by atoms with Gasteiger partial charge in [0.2, 0.25) is 5.88 Å². The number of aryl methyl sites for hydroxylation is 1. The van der Waals surface area contributed by atoms with Gasteiger partial charge in [0.05, 0.1) is 25.5 Å². The number of ether oxygens (including phenoxy) is 4. The SMILES string of the molecule is O=c1nc(OCC2COCCO2)cc2n1CCc1cc(OCCF)ccc1-2. The Morgan fingerprint density at radius 2 is 2.19 bits per heavy atom. The molecule has 0 N–H and O–H groups in total. The van der Waals surface area contributed by atoms with Gasteiger partial charge in [0.25, 0.3) is 0 Å². The molecule has 1 aromatic carbocycles. The predicted octanol–water partition coefficient (Wildman–Crippen LogP) is 1.61. The van der Waals surface area contributed by atoms with Crippen molar-refractivity contribution < 1.29 is 23.3 Å². The third-order valence-corrected chi connectivity index (χ3v) is 4.59. The van der Waals surface area contributed by atoms with Gasteiger partial charge in [-0.1, -0.05) is 0 Å². The molecule has 0 spiro atoms. The van der Waals surface area contributed by atoms with Gasteiger partial charge in [0.15, 0.2) is 0 Å². The van der Waals surface area contributed by atoms with Crippen LogP contribution >= 0.6 is 0 Å². The van der Waals surface area contributed by atoms with Crippen molar-refractivity contribution in [1.29, 1.82) is 0 Å². The number of benzene rings is 1. The highest BCUT2D eigenvalue weighted by Crippen LogP contribution is 2.32. The fraction of sp³-hybridized carbons (Fsp3) is 0.474. The van der Waals surface area contributed by atoms with Gasteiger partial charge in [-0.25, -0.2) is 9.18 Å². The summed E-state index contributed by atoms with van der Waals surface area (Å²) in [6, 6.07) is 7.33. The highest BCUT2D eigenvalue weighted by Gasteiger charge is 2.21. The van der Waals surface area contributed by atoms with E-state index in [4.69, 9.17) is 18.9 Å². The van der Waals surface area contributed by atoms with Crippen molar-refractivity contribution >= 4 is 0 Å². The molecule has 7 nitrogen and oxygen atoms in total. The fourth-order valence-electron chi connectivity index (χ4n) is 3.31. The van der Waals surface area contributed by atoms with Gasteiger partial charge in [0, 0.05) is 18.2 Å². The minimum absolute atomic E-state index is 0.0314. The quantitative estimate of drug-likeness (QED) is 0.763. The Morgan fingerprint density at radius 1 is 1.26 bits per heavy atom. The summed E-state index contributed by atoms with van der Waals surface area (Å²) >= 11 is 0. The number of fused-ring (bicyclic) bond motifs is 3. The topological polar surface area (TPSA) is 71.8 Å². The van der Waals surface area contributed by atoms with Crippen molar-refractivity contribution in [3.05, 3.63) is 40.3 Å². The van der Waals surface area contributed by atoms with E-state index in [2.05, 4.69) is 4.98 Å². The van der Waals surface area contributed by atoms with Gasteiger partial charge in [-0.05, 0) is 30.2 Å². The van der Waals surface area contributed by atoms with Crippen molar-refractivity contribution in [2.45, 2.75) is 19.1 Å². The van der Waals surface area contributed by atoms with Crippen LogP contribution in [0.1, 0.15) is 5.56 Å². The molecule has 8 heteroatoms. The lowest BCUT2D eigenvalue weighted by Gasteiger charge is -2.24. The molecule has 144 valence electrons. The first kappa shape index (κ1) is 17.9. The summed E-state index contributed by atoms with van der Waals surface area (Å²) in [5.41, 5.74) is 2.39. The van der Waals surface area contributed by atoms with Crippen LogP contribution in [0.5, 0.6) is 11.6 Å². The molecule has 0 aliphatic carbocycles. The van der Waals surface area contributed by atoms with Crippen molar-refractivity contribution in [3.8, 4) is 22.9 Å². The molecule has 1 unspecified atom stereocenters. The normalized spacial score (nSPS) is 18.5. The van der Waals surface area contributed by atoms with Crippen LogP contribution in [0, 0.1) is 0 Å². The second-order valence-electron chi connectivity index (χ2n) is 6.40. The van der Waals surface area contributed by atoms with Gasteiger partial charge < -0.3 is 18.9 Å². The number of halogens is 1. The maximum Gasteiger partial charge on any atom is 0.351 e. The van der Waals surface area contributed by atoms with Crippen LogP contribution in [-0.4, -0.2) is 55.4 Å². The van der Waals surface area contributed by atoms with E-state index >= 15 is 0 Å². The monoisotopic (exact) mass is 376 g/mol. The first-order valence-electron chi connectivity index (χ1n) is 9.00. The summed E-state index contributed by atoms with van der Waals surface area (Å²) < 4.78 is 35.9. The Hall–Kier alpha value is -2.45. The average molecular weight is 376 g/mol. The van der Waals surface area contributed by atoms with Crippen LogP contribution in [0.2, 0.25) is 0 Å². The van der Waals surface area contributed by atoms with E-state index in [0.29, 0.717) is 38.5 Å². The third-order valence-electron chi connectivity index (χ3n) is 4.59. The molecule has 0 saturated carbocycles. The van der Waals surface area contributed by atoms with E-state index in [9.17, 15) is 9.18 Å². The number of hydrogen-bond acceptors (Lipinski definition) is 6. The molecule has 4 rings (SSSR count). The number of aromatic nitrogens is 2. The number of nitrogens with zero attached hydrogens (tertiary/aromatic N) is 2. The second kappa shape index (κ2) is 8.06. The molecular weight excluding hydrogens is 355 g/mol. The van der Waals surface area contributed by atoms with E-state index in [-0.39, 0.29) is 30.9 Å². The lowest BCUT2D eigenvalue weighted by atomic mass is 9.97. The zero-order valence-corrected chi connectivity index (χ0v) is 14.9. The molecule has 3 heterocycles. The van der Waals surface area contributed by atoms with E-state index < -0.39 is 6.67 Å². The van der Waals surface area contributed by atoms with Gasteiger partial charge in [0.1, 0.15) is 31.7 Å². The molecule has 1 saturated heterocycles. The van der Waals surface area contributed by atoms with Crippen molar-refractivity contribution in [2.24, 2.45) is 0 Å². The summed E-state index contributed by atoms with van der Waals surface area (Å²) in [7, 11) is 0. The first-order chi connectivity index (χ1) is 13.2. The van der Waals surface area contributed by atoms with Gasteiger partial charge >= 0.3 is 5.69 Å². The lowest BCUT2D eigenvalue weighted by molar-refractivity contribution is -0.102. The highest BCUT2D eigenvalue weighted by atomic mass is 19.1. The highest BCUT2D eigenvalue weighted by molar-refractivity contribution is 5.67.